The monoisotopic (exact) mass is 428 g/mol. The lowest BCUT2D eigenvalue weighted by atomic mass is 10.1. The molecule has 4 aromatic rings. The number of aromatic nitrogens is 3. The molecule has 3 aromatic carbocycles. The molecule has 0 N–H and O–H groups in total. The number of aliphatic imine (C=N–C) groups is 1. The largest absolute Gasteiger partial charge is 0.296 e. The molecule has 0 spiro atoms. The average Bonchev–Trinajstić information content (AvgIpc) is 2.74. The van der Waals surface area contributed by atoms with Crippen LogP contribution in [0.4, 0.5) is 0 Å². The van der Waals surface area contributed by atoms with Crippen molar-refractivity contribution in [2.24, 2.45) is 4.99 Å². The first-order chi connectivity index (χ1) is 13.7. The highest BCUT2D eigenvalue weighted by molar-refractivity contribution is 9.10. The topological polar surface area (TPSA) is 51.0 Å². The number of hydrogen-bond acceptors (Lipinski definition) is 4. The molecule has 0 aliphatic carbocycles. The maximum absolute atomic E-state index is 4.75. The van der Waals surface area contributed by atoms with Gasteiger partial charge in [0.15, 0.2) is 17.5 Å². The van der Waals surface area contributed by atoms with E-state index in [2.05, 4.69) is 27.6 Å². The highest BCUT2D eigenvalue weighted by atomic mass is 79.9. The van der Waals surface area contributed by atoms with Gasteiger partial charge in [0, 0.05) is 21.2 Å². The lowest BCUT2D eigenvalue weighted by molar-refractivity contribution is 1.06. The normalized spacial score (nSPS) is 10.6. The van der Waals surface area contributed by atoms with Crippen LogP contribution in [0, 0.1) is 0 Å². The van der Waals surface area contributed by atoms with E-state index in [1.807, 2.05) is 78.9 Å². The highest BCUT2D eigenvalue weighted by Gasteiger charge is 2.13. The molecular weight excluding hydrogens is 412 g/mol. The standard InChI is InChI=1S/C23H17BrN4/c1-25-15-16-12-19(14-20(24)13-16)23-27-21(17-8-4-2-5-9-17)26-22(28-23)18-10-6-3-7-11-18/h2-14H,1,15H2. The first-order valence-corrected chi connectivity index (χ1v) is 9.61. The van der Waals surface area contributed by atoms with Crippen LogP contribution in [-0.4, -0.2) is 21.7 Å². The number of benzene rings is 3. The van der Waals surface area contributed by atoms with Gasteiger partial charge in [-0.25, -0.2) is 15.0 Å². The number of nitrogens with zero attached hydrogens (tertiary/aromatic N) is 4. The third-order valence-corrected chi connectivity index (χ3v) is 4.67. The van der Waals surface area contributed by atoms with Crippen molar-refractivity contribution in [2.45, 2.75) is 6.54 Å². The maximum Gasteiger partial charge on any atom is 0.164 e. The van der Waals surface area contributed by atoms with Gasteiger partial charge in [0.05, 0.1) is 6.54 Å². The van der Waals surface area contributed by atoms with Gasteiger partial charge in [-0.15, -0.1) is 0 Å². The fourth-order valence-corrected chi connectivity index (χ4v) is 3.48. The van der Waals surface area contributed by atoms with E-state index in [0.717, 1.165) is 26.7 Å². The lowest BCUT2D eigenvalue weighted by Crippen LogP contribution is -2.00. The molecule has 0 bridgehead atoms. The van der Waals surface area contributed by atoms with Crippen LogP contribution >= 0.6 is 15.9 Å². The molecule has 28 heavy (non-hydrogen) atoms. The number of halogens is 1. The molecule has 0 atom stereocenters. The van der Waals surface area contributed by atoms with E-state index < -0.39 is 0 Å². The molecule has 0 unspecified atom stereocenters. The molecule has 0 amide bonds. The number of hydrogen-bond donors (Lipinski definition) is 0. The fraction of sp³-hybridized carbons (Fsp3) is 0.0435. The molecule has 1 aromatic heterocycles. The van der Waals surface area contributed by atoms with Crippen molar-refractivity contribution in [2.75, 3.05) is 0 Å². The van der Waals surface area contributed by atoms with Crippen molar-refractivity contribution >= 4 is 22.6 Å². The summed E-state index contributed by atoms with van der Waals surface area (Å²) < 4.78 is 0.951. The van der Waals surface area contributed by atoms with Gasteiger partial charge in [0.1, 0.15) is 0 Å². The second-order valence-electron chi connectivity index (χ2n) is 6.27. The Kier molecular flexibility index (Phi) is 5.35. The van der Waals surface area contributed by atoms with Crippen LogP contribution in [-0.2, 0) is 6.54 Å². The van der Waals surface area contributed by atoms with Gasteiger partial charge >= 0.3 is 0 Å². The van der Waals surface area contributed by atoms with Gasteiger partial charge < -0.3 is 0 Å². The van der Waals surface area contributed by atoms with E-state index in [-0.39, 0.29) is 0 Å². The molecule has 0 fully saturated rings. The minimum Gasteiger partial charge on any atom is -0.296 e. The van der Waals surface area contributed by atoms with Crippen LogP contribution in [0.15, 0.2) is 88.3 Å². The van der Waals surface area contributed by atoms with E-state index in [1.54, 1.807) is 0 Å². The molecule has 5 heteroatoms. The van der Waals surface area contributed by atoms with Crippen molar-refractivity contribution in [1.82, 2.24) is 15.0 Å². The summed E-state index contributed by atoms with van der Waals surface area (Å²) in [7, 11) is 0. The second kappa shape index (κ2) is 8.23. The minimum atomic E-state index is 0.536. The lowest BCUT2D eigenvalue weighted by Gasteiger charge is -2.09. The van der Waals surface area contributed by atoms with Gasteiger partial charge in [0.25, 0.3) is 0 Å². The molecule has 0 aliphatic heterocycles. The molecule has 0 saturated heterocycles. The first kappa shape index (κ1) is 18.2. The van der Waals surface area contributed by atoms with E-state index >= 15 is 0 Å². The van der Waals surface area contributed by atoms with Gasteiger partial charge in [-0.1, -0.05) is 76.6 Å². The minimum absolute atomic E-state index is 0.536. The van der Waals surface area contributed by atoms with Crippen molar-refractivity contribution in [3.8, 4) is 34.2 Å². The second-order valence-corrected chi connectivity index (χ2v) is 7.18. The van der Waals surface area contributed by atoms with E-state index in [0.29, 0.717) is 24.0 Å². The fourth-order valence-electron chi connectivity index (χ4n) is 2.94. The predicted molar refractivity (Wildman–Crippen MR) is 117 cm³/mol. The van der Waals surface area contributed by atoms with Gasteiger partial charge in [-0.3, -0.25) is 4.99 Å². The van der Waals surface area contributed by atoms with E-state index in [1.165, 1.54) is 0 Å². The summed E-state index contributed by atoms with van der Waals surface area (Å²) in [5.41, 5.74) is 3.85. The number of rotatable bonds is 5. The van der Waals surface area contributed by atoms with Crippen LogP contribution in [0.25, 0.3) is 34.2 Å². The average molecular weight is 429 g/mol. The summed E-state index contributed by atoms with van der Waals surface area (Å²) in [6.07, 6.45) is 0. The van der Waals surface area contributed by atoms with E-state index in [4.69, 9.17) is 15.0 Å². The Hall–Kier alpha value is -3.18. The Morgan fingerprint density at radius 2 is 1.18 bits per heavy atom. The zero-order valence-electron chi connectivity index (χ0n) is 15.1. The van der Waals surface area contributed by atoms with Crippen molar-refractivity contribution in [3.05, 3.63) is 88.9 Å². The quantitative estimate of drug-likeness (QED) is 0.375. The summed E-state index contributed by atoms with van der Waals surface area (Å²) in [6.45, 7) is 4.13. The smallest absolute Gasteiger partial charge is 0.164 e. The van der Waals surface area contributed by atoms with Crippen LogP contribution in [0.3, 0.4) is 0 Å². The summed E-state index contributed by atoms with van der Waals surface area (Å²) in [6, 6.07) is 26.0. The molecule has 0 saturated carbocycles. The summed E-state index contributed by atoms with van der Waals surface area (Å²) in [5, 5.41) is 0. The third-order valence-electron chi connectivity index (χ3n) is 4.21. The third kappa shape index (κ3) is 4.05. The van der Waals surface area contributed by atoms with Gasteiger partial charge in [-0.2, -0.15) is 0 Å². The first-order valence-electron chi connectivity index (χ1n) is 8.82. The Morgan fingerprint density at radius 1 is 0.679 bits per heavy atom. The SMILES string of the molecule is C=NCc1cc(Br)cc(-c2nc(-c3ccccc3)nc(-c3ccccc3)n2)c1. The predicted octanol–water partition coefficient (Wildman–Crippen LogP) is 5.84. The Labute approximate surface area is 172 Å². The van der Waals surface area contributed by atoms with Gasteiger partial charge in [0.2, 0.25) is 0 Å². The summed E-state index contributed by atoms with van der Waals surface area (Å²) in [4.78, 5) is 18.2. The zero-order valence-corrected chi connectivity index (χ0v) is 16.7. The summed E-state index contributed by atoms with van der Waals surface area (Å²) >= 11 is 3.57. The van der Waals surface area contributed by atoms with Crippen LogP contribution < -0.4 is 0 Å². The van der Waals surface area contributed by atoms with Crippen molar-refractivity contribution < 1.29 is 0 Å². The van der Waals surface area contributed by atoms with E-state index in [9.17, 15) is 0 Å². The van der Waals surface area contributed by atoms with Crippen molar-refractivity contribution in [3.63, 3.8) is 0 Å². The van der Waals surface area contributed by atoms with Crippen LogP contribution in [0.1, 0.15) is 5.56 Å². The van der Waals surface area contributed by atoms with Crippen LogP contribution in [0.5, 0.6) is 0 Å². The Balaban J connectivity index is 1.91. The summed E-state index contributed by atoms with van der Waals surface area (Å²) in [5.74, 6) is 1.92. The molecule has 4 nitrogen and oxygen atoms in total. The molecule has 1 heterocycles. The zero-order chi connectivity index (χ0) is 19.3. The Bertz CT molecular complexity index is 1050. The molecular formula is C23H17BrN4. The van der Waals surface area contributed by atoms with Gasteiger partial charge in [-0.05, 0) is 30.5 Å². The maximum atomic E-state index is 4.75. The van der Waals surface area contributed by atoms with Crippen molar-refractivity contribution in [1.29, 1.82) is 0 Å². The highest BCUT2D eigenvalue weighted by Crippen LogP contribution is 2.27. The molecule has 0 aliphatic rings. The van der Waals surface area contributed by atoms with Crippen LogP contribution in [0.2, 0.25) is 0 Å². The Morgan fingerprint density at radius 3 is 1.68 bits per heavy atom. The molecule has 0 radical (unpaired) electrons. The molecule has 4 rings (SSSR count). The molecule has 136 valence electrons.